The number of rotatable bonds is 3. The Bertz CT molecular complexity index is 881. The van der Waals surface area contributed by atoms with Gasteiger partial charge < -0.3 is 4.90 Å². The Morgan fingerprint density at radius 3 is 2.90 bits per heavy atom. The largest absolute Gasteiger partial charge is 0.341 e. The normalized spacial score (nSPS) is 11.1. The first-order chi connectivity index (χ1) is 10.1. The second-order valence-corrected chi connectivity index (χ2v) is 5.90. The molecular formula is C15H15N3O2S. The van der Waals surface area contributed by atoms with Crippen LogP contribution in [-0.2, 0) is 0 Å². The lowest BCUT2D eigenvalue weighted by atomic mass is 10.2. The topological polar surface area (TPSA) is 54.7 Å². The summed E-state index contributed by atoms with van der Waals surface area (Å²) in [4.78, 5) is 31.4. The zero-order valence-electron chi connectivity index (χ0n) is 11.9. The van der Waals surface area contributed by atoms with Gasteiger partial charge in [-0.3, -0.25) is 14.0 Å². The van der Waals surface area contributed by atoms with Crippen molar-refractivity contribution in [2.45, 2.75) is 13.3 Å². The third-order valence-electron chi connectivity index (χ3n) is 3.37. The fourth-order valence-corrected chi connectivity index (χ4v) is 3.33. The SMILES string of the molecule is CCCN(C)C(=O)c1cnc2sc3ccccc3n2c1=O. The van der Waals surface area contributed by atoms with Gasteiger partial charge in [-0.1, -0.05) is 30.4 Å². The van der Waals surface area contributed by atoms with E-state index >= 15 is 0 Å². The molecular weight excluding hydrogens is 286 g/mol. The van der Waals surface area contributed by atoms with Crippen LogP contribution in [0.15, 0.2) is 35.3 Å². The van der Waals surface area contributed by atoms with Gasteiger partial charge >= 0.3 is 0 Å². The highest BCUT2D eigenvalue weighted by Crippen LogP contribution is 2.23. The van der Waals surface area contributed by atoms with Crippen molar-refractivity contribution in [3.8, 4) is 0 Å². The quantitative estimate of drug-likeness (QED) is 0.746. The fraction of sp³-hybridized carbons (Fsp3) is 0.267. The molecule has 1 aromatic carbocycles. The summed E-state index contributed by atoms with van der Waals surface area (Å²) in [7, 11) is 1.70. The highest BCUT2D eigenvalue weighted by Gasteiger charge is 2.18. The van der Waals surface area contributed by atoms with E-state index < -0.39 is 0 Å². The van der Waals surface area contributed by atoms with Crippen LogP contribution in [0.2, 0.25) is 0 Å². The third kappa shape index (κ3) is 2.21. The summed E-state index contributed by atoms with van der Waals surface area (Å²) in [5.41, 5.74) is 0.611. The molecule has 21 heavy (non-hydrogen) atoms. The molecule has 2 aromatic heterocycles. The molecule has 3 rings (SSSR count). The van der Waals surface area contributed by atoms with Crippen molar-refractivity contribution in [1.29, 1.82) is 0 Å². The first-order valence-corrected chi connectivity index (χ1v) is 7.60. The maximum absolute atomic E-state index is 12.6. The Labute approximate surface area is 125 Å². The molecule has 0 aliphatic heterocycles. The predicted octanol–water partition coefficient (Wildman–Crippen LogP) is 2.39. The Morgan fingerprint density at radius 2 is 2.14 bits per heavy atom. The second kappa shape index (κ2) is 5.29. The van der Waals surface area contributed by atoms with Crippen LogP contribution in [0.1, 0.15) is 23.7 Å². The maximum atomic E-state index is 12.6. The lowest BCUT2D eigenvalue weighted by molar-refractivity contribution is 0.0793. The highest BCUT2D eigenvalue weighted by atomic mass is 32.1. The molecule has 0 aliphatic carbocycles. The van der Waals surface area contributed by atoms with Crippen molar-refractivity contribution in [2.24, 2.45) is 0 Å². The second-order valence-electron chi connectivity index (χ2n) is 4.89. The van der Waals surface area contributed by atoms with Gasteiger partial charge in [0.2, 0.25) is 0 Å². The minimum Gasteiger partial charge on any atom is -0.341 e. The highest BCUT2D eigenvalue weighted by molar-refractivity contribution is 7.23. The minimum atomic E-state index is -0.301. The van der Waals surface area contributed by atoms with Crippen molar-refractivity contribution in [3.05, 3.63) is 46.4 Å². The molecule has 2 heterocycles. The fourth-order valence-electron chi connectivity index (χ4n) is 2.34. The van der Waals surface area contributed by atoms with E-state index in [4.69, 9.17) is 0 Å². The van der Waals surface area contributed by atoms with E-state index in [1.807, 2.05) is 31.2 Å². The van der Waals surface area contributed by atoms with Crippen LogP contribution in [0.5, 0.6) is 0 Å². The average molecular weight is 301 g/mol. The number of nitrogens with zero attached hydrogens (tertiary/aromatic N) is 3. The van der Waals surface area contributed by atoms with E-state index in [-0.39, 0.29) is 17.0 Å². The van der Waals surface area contributed by atoms with Gasteiger partial charge in [-0.05, 0) is 18.6 Å². The first-order valence-electron chi connectivity index (χ1n) is 6.78. The van der Waals surface area contributed by atoms with Crippen LogP contribution in [0.3, 0.4) is 0 Å². The van der Waals surface area contributed by atoms with E-state index in [0.29, 0.717) is 11.5 Å². The molecule has 5 nitrogen and oxygen atoms in total. The van der Waals surface area contributed by atoms with Crippen LogP contribution in [0.25, 0.3) is 15.2 Å². The van der Waals surface area contributed by atoms with Gasteiger partial charge in [0, 0.05) is 19.8 Å². The summed E-state index contributed by atoms with van der Waals surface area (Å²) in [6.07, 6.45) is 2.24. The van der Waals surface area contributed by atoms with Crippen LogP contribution < -0.4 is 5.56 Å². The lowest BCUT2D eigenvalue weighted by Crippen LogP contribution is -2.33. The molecule has 0 saturated heterocycles. The van der Waals surface area contributed by atoms with Gasteiger partial charge in [-0.15, -0.1) is 0 Å². The van der Waals surface area contributed by atoms with Gasteiger partial charge in [-0.25, -0.2) is 4.98 Å². The van der Waals surface area contributed by atoms with E-state index in [0.717, 1.165) is 16.6 Å². The molecule has 0 fully saturated rings. The molecule has 0 spiro atoms. The van der Waals surface area contributed by atoms with Gasteiger partial charge in [0.1, 0.15) is 5.56 Å². The molecule has 0 saturated carbocycles. The molecule has 0 unspecified atom stereocenters. The van der Waals surface area contributed by atoms with E-state index in [1.165, 1.54) is 21.9 Å². The van der Waals surface area contributed by atoms with Crippen LogP contribution in [-0.4, -0.2) is 33.8 Å². The molecule has 0 N–H and O–H groups in total. The molecule has 0 bridgehead atoms. The molecule has 108 valence electrons. The number of amides is 1. The number of aromatic nitrogens is 2. The summed E-state index contributed by atoms with van der Waals surface area (Å²) in [6, 6.07) is 7.60. The van der Waals surface area contributed by atoms with Crippen molar-refractivity contribution in [2.75, 3.05) is 13.6 Å². The van der Waals surface area contributed by atoms with Gasteiger partial charge in [0.05, 0.1) is 10.2 Å². The number of carbonyl (C=O) groups excluding carboxylic acids is 1. The molecule has 0 radical (unpaired) electrons. The number of carbonyl (C=O) groups is 1. The van der Waals surface area contributed by atoms with Gasteiger partial charge in [0.25, 0.3) is 11.5 Å². The summed E-state index contributed by atoms with van der Waals surface area (Å²) >= 11 is 1.44. The number of fused-ring (bicyclic) bond motifs is 3. The van der Waals surface area contributed by atoms with Crippen molar-refractivity contribution >= 4 is 32.4 Å². The van der Waals surface area contributed by atoms with Gasteiger partial charge in [-0.2, -0.15) is 0 Å². The molecule has 6 heteroatoms. The Morgan fingerprint density at radius 1 is 1.38 bits per heavy atom. The molecule has 1 amide bonds. The smallest absolute Gasteiger partial charge is 0.271 e. The standard InChI is InChI=1S/C15H15N3O2S/c1-3-8-17(2)13(19)10-9-16-15-18(14(10)20)11-6-4-5-7-12(11)21-15/h4-7,9H,3,8H2,1-2H3. The van der Waals surface area contributed by atoms with Gasteiger partial charge in [0.15, 0.2) is 4.96 Å². The minimum absolute atomic E-state index is 0.118. The number of benzene rings is 1. The lowest BCUT2D eigenvalue weighted by Gasteiger charge is -2.15. The molecule has 3 aromatic rings. The van der Waals surface area contributed by atoms with E-state index in [2.05, 4.69) is 4.98 Å². The van der Waals surface area contributed by atoms with Crippen LogP contribution in [0, 0.1) is 0 Å². The summed E-state index contributed by atoms with van der Waals surface area (Å²) in [5, 5.41) is 0. The maximum Gasteiger partial charge on any atom is 0.271 e. The molecule has 0 aliphatic rings. The van der Waals surface area contributed by atoms with Crippen LogP contribution in [0.4, 0.5) is 0 Å². The van der Waals surface area contributed by atoms with Crippen LogP contribution >= 0.6 is 11.3 Å². The Hall–Kier alpha value is -2.21. The number of para-hydroxylation sites is 1. The molecule has 0 atom stereocenters. The predicted molar refractivity (Wildman–Crippen MR) is 84.1 cm³/mol. The number of thiazole rings is 1. The summed E-state index contributed by atoms with van der Waals surface area (Å²) < 4.78 is 2.50. The summed E-state index contributed by atoms with van der Waals surface area (Å²) in [6.45, 7) is 2.61. The Kier molecular flexibility index (Phi) is 3.47. The zero-order chi connectivity index (χ0) is 15.0. The van der Waals surface area contributed by atoms with E-state index in [9.17, 15) is 9.59 Å². The zero-order valence-corrected chi connectivity index (χ0v) is 12.7. The van der Waals surface area contributed by atoms with Crippen molar-refractivity contribution in [3.63, 3.8) is 0 Å². The number of hydrogen-bond acceptors (Lipinski definition) is 4. The first kappa shape index (κ1) is 13.8. The summed E-state index contributed by atoms with van der Waals surface area (Å²) in [5.74, 6) is -0.279. The Balaban J connectivity index is 2.22. The van der Waals surface area contributed by atoms with E-state index in [1.54, 1.807) is 11.9 Å². The third-order valence-corrected chi connectivity index (χ3v) is 4.41. The monoisotopic (exact) mass is 301 g/mol. The van der Waals surface area contributed by atoms with Crippen molar-refractivity contribution < 1.29 is 4.79 Å². The van der Waals surface area contributed by atoms with Crippen molar-refractivity contribution in [1.82, 2.24) is 14.3 Å². The number of hydrogen-bond donors (Lipinski definition) is 0. The average Bonchev–Trinajstić information content (AvgIpc) is 2.86.